The lowest BCUT2D eigenvalue weighted by Gasteiger charge is -2.21. The highest BCUT2D eigenvalue weighted by molar-refractivity contribution is 5.70. The van der Waals surface area contributed by atoms with Gasteiger partial charge >= 0.3 is 0 Å². The summed E-state index contributed by atoms with van der Waals surface area (Å²) in [6, 6.07) is 1.94. The summed E-state index contributed by atoms with van der Waals surface area (Å²) in [5.74, 6) is -0.0894. The summed E-state index contributed by atoms with van der Waals surface area (Å²) in [6.07, 6.45) is -2.28. The number of aromatic nitrogens is 4. The number of H-pyrrole nitrogens is 1. The van der Waals surface area contributed by atoms with Gasteiger partial charge in [0.1, 0.15) is 18.3 Å². The number of nitrogens with zero attached hydrogens (tertiary/aromatic N) is 4. The molecule has 11 heteroatoms. The molecule has 0 aromatic carbocycles. The molecular formula is C13H16N6O5. The van der Waals surface area contributed by atoms with Crippen molar-refractivity contribution in [3.05, 3.63) is 16.7 Å². The Morgan fingerprint density at radius 1 is 1.58 bits per heavy atom. The average Bonchev–Trinajstić information content (AvgIpc) is 3.09. The number of hydrogen-bond donors (Lipinski definition) is 4. The van der Waals surface area contributed by atoms with E-state index in [2.05, 4.69) is 15.0 Å². The Kier molecular flexibility index (Phi) is 4.45. The van der Waals surface area contributed by atoms with E-state index in [1.807, 2.05) is 6.07 Å². The maximum Gasteiger partial charge on any atom is 0.280 e. The van der Waals surface area contributed by atoms with Gasteiger partial charge in [0.25, 0.3) is 5.56 Å². The quantitative estimate of drug-likeness (QED) is 0.462. The molecule has 0 amide bonds. The fourth-order valence-corrected chi connectivity index (χ4v) is 2.64. The number of nitrogens with two attached hydrogens (primary N) is 1. The molecule has 1 fully saturated rings. The molecule has 0 unspecified atom stereocenters. The molecule has 0 spiro atoms. The first-order valence-electron chi connectivity index (χ1n) is 7.22. The minimum atomic E-state index is -1.12. The topological polar surface area (TPSA) is 172 Å². The van der Waals surface area contributed by atoms with E-state index >= 15 is 0 Å². The van der Waals surface area contributed by atoms with Crippen LogP contribution >= 0.6 is 0 Å². The van der Waals surface area contributed by atoms with E-state index in [0.717, 1.165) is 0 Å². The third kappa shape index (κ3) is 2.72. The fraction of sp³-hybridized carbons (Fsp3) is 0.538. The number of aliphatic hydroxyl groups excluding tert-OH is 2. The Bertz CT molecular complexity index is 826. The van der Waals surface area contributed by atoms with E-state index in [0.29, 0.717) is 0 Å². The highest BCUT2D eigenvalue weighted by Gasteiger charge is 2.45. The van der Waals surface area contributed by atoms with Crippen LogP contribution in [0, 0.1) is 11.3 Å². The molecule has 5 N–H and O–H groups in total. The van der Waals surface area contributed by atoms with Crippen molar-refractivity contribution < 1.29 is 19.7 Å². The SMILES string of the molecule is N#CCCO[C@@H]1[C@H](O)[C@@H](CO)O[C@H]1n1cnc2c(=O)[nH]c(N)nc21. The van der Waals surface area contributed by atoms with Gasteiger partial charge in [-0.05, 0) is 0 Å². The molecule has 1 aliphatic heterocycles. The zero-order chi connectivity index (χ0) is 17.3. The number of nitriles is 1. The summed E-state index contributed by atoms with van der Waals surface area (Å²) in [6.45, 7) is -0.336. The molecular weight excluding hydrogens is 320 g/mol. The first-order valence-corrected chi connectivity index (χ1v) is 7.22. The van der Waals surface area contributed by atoms with E-state index in [1.165, 1.54) is 10.9 Å². The summed E-state index contributed by atoms with van der Waals surface area (Å²) in [4.78, 5) is 22.2. The lowest BCUT2D eigenvalue weighted by Crippen LogP contribution is -2.35. The van der Waals surface area contributed by atoms with Crippen LogP contribution in [-0.4, -0.2) is 61.3 Å². The monoisotopic (exact) mass is 336 g/mol. The van der Waals surface area contributed by atoms with E-state index in [-0.39, 0.29) is 30.1 Å². The van der Waals surface area contributed by atoms with Crippen LogP contribution in [0.15, 0.2) is 11.1 Å². The summed E-state index contributed by atoms with van der Waals surface area (Å²) in [7, 11) is 0. The summed E-state index contributed by atoms with van der Waals surface area (Å²) in [5, 5.41) is 28.2. The van der Waals surface area contributed by atoms with Crippen molar-refractivity contribution in [1.29, 1.82) is 5.26 Å². The fourth-order valence-electron chi connectivity index (χ4n) is 2.64. The number of nitrogens with one attached hydrogen (secondary N) is 1. The van der Waals surface area contributed by atoms with Crippen LogP contribution in [0.2, 0.25) is 0 Å². The summed E-state index contributed by atoms with van der Waals surface area (Å²) in [5.41, 5.74) is 5.28. The molecule has 0 saturated carbocycles. The molecule has 2 aromatic rings. The molecule has 3 heterocycles. The maximum atomic E-state index is 11.9. The van der Waals surface area contributed by atoms with Crippen molar-refractivity contribution in [3.8, 4) is 6.07 Å². The van der Waals surface area contributed by atoms with Crippen molar-refractivity contribution in [2.24, 2.45) is 0 Å². The van der Waals surface area contributed by atoms with Gasteiger partial charge in [-0.2, -0.15) is 10.2 Å². The molecule has 2 aromatic heterocycles. The molecule has 11 nitrogen and oxygen atoms in total. The zero-order valence-electron chi connectivity index (χ0n) is 12.5. The second-order valence-electron chi connectivity index (χ2n) is 5.26. The van der Waals surface area contributed by atoms with Gasteiger partial charge in [0.2, 0.25) is 5.95 Å². The number of fused-ring (bicyclic) bond motifs is 1. The average molecular weight is 336 g/mol. The normalized spacial score (nSPS) is 26.7. The molecule has 0 bridgehead atoms. The molecule has 0 radical (unpaired) electrons. The van der Waals surface area contributed by atoms with Crippen molar-refractivity contribution in [2.75, 3.05) is 18.9 Å². The number of nitrogen functional groups attached to an aromatic ring is 1. The number of imidazole rings is 1. The summed E-state index contributed by atoms with van der Waals surface area (Å²) >= 11 is 0. The predicted octanol–water partition coefficient (Wildman–Crippen LogP) is -1.75. The van der Waals surface area contributed by atoms with Crippen LogP contribution in [0.4, 0.5) is 5.95 Å². The number of anilines is 1. The first-order chi connectivity index (χ1) is 11.6. The second kappa shape index (κ2) is 6.54. The van der Waals surface area contributed by atoms with E-state index in [1.54, 1.807) is 0 Å². The zero-order valence-corrected chi connectivity index (χ0v) is 12.5. The summed E-state index contributed by atoms with van der Waals surface area (Å²) < 4.78 is 12.6. The van der Waals surface area contributed by atoms with Gasteiger partial charge in [0, 0.05) is 0 Å². The largest absolute Gasteiger partial charge is 0.394 e. The van der Waals surface area contributed by atoms with Gasteiger partial charge in [-0.3, -0.25) is 14.3 Å². The van der Waals surface area contributed by atoms with Crippen LogP contribution in [-0.2, 0) is 9.47 Å². The van der Waals surface area contributed by atoms with Gasteiger partial charge in [0.15, 0.2) is 17.4 Å². The standard InChI is InChI=1S/C13H16N6O5/c14-2-1-3-23-9-8(21)6(4-20)24-12(9)19-5-16-7-10(19)17-13(15)18-11(7)22/h5-6,8-9,12,20-21H,1,3-4H2,(H3,15,17,18,22)/t6-,8-,9-,12-/m1/s1. The minimum Gasteiger partial charge on any atom is -0.394 e. The molecule has 0 aliphatic carbocycles. The van der Waals surface area contributed by atoms with Crippen LogP contribution in [0.25, 0.3) is 11.2 Å². The lowest BCUT2D eigenvalue weighted by molar-refractivity contribution is -0.0693. The molecule has 1 aliphatic rings. The highest BCUT2D eigenvalue weighted by atomic mass is 16.6. The smallest absolute Gasteiger partial charge is 0.280 e. The van der Waals surface area contributed by atoms with Crippen LogP contribution in [0.5, 0.6) is 0 Å². The Labute approximate surface area is 135 Å². The van der Waals surface area contributed by atoms with Crippen LogP contribution in [0.1, 0.15) is 12.6 Å². The van der Waals surface area contributed by atoms with Gasteiger partial charge < -0.3 is 25.4 Å². The second-order valence-corrected chi connectivity index (χ2v) is 5.26. The third-order valence-corrected chi connectivity index (χ3v) is 3.74. The molecule has 128 valence electrons. The molecule has 4 atom stereocenters. The van der Waals surface area contributed by atoms with E-state index in [9.17, 15) is 15.0 Å². The van der Waals surface area contributed by atoms with Gasteiger partial charge in [-0.25, -0.2) is 4.98 Å². The number of hydrogen-bond acceptors (Lipinski definition) is 9. The number of aliphatic hydroxyl groups is 2. The van der Waals surface area contributed by atoms with Crippen molar-refractivity contribution >= 4 is 17.1 Å². The first kappa shape index (κ1) is 16.3. The minimum absolute atomic E-state index is 0.0607. The molecule has 24 heavy (non-hydrogen) atoms. The van der Waals surface area contributed by atoms with Gasteiger partial charge in [0.05, 0.1) is 32.0 Å². The van der Waals surface area contributed by atoms with Crippen LogP contribution in [0.3, 0.4) is 0 Å². The van der Waals surface area contributed by atoms with Crippen molar-refractivity contribution in [1.82, 2.24) is 19.5 Å². The number of rotatable bonds is 5. The van der Waals surface area contributed by atoms with Crippen molar-refractivity contribution in [3.63, 3.8) is 0 Å². The molecule has 1 saturated heterocycles. The van der Waals surface area contributed by atoms with E-state index in [4.69, 9.17) is 20.5 Å². The van der Waals surface area contributed by atoms with Gasteiger partial charge in [-0.15, -0.1) is 0 Å². The van der Waals surface area contributed by atoms with Crippen molar-refractivity contribution in [2.45, 2.75) is 31.0 Å². The highest BCUT2D eigenvalue weighted by Crippen LogP contribution is 2.33. The molecule has 3 rings (SSSR count). The number of aromatic amines is 1. The Balaban J connectivity index is 1.99. The van der Waals surface area contributed by atoms with Crippen LogP contribution < -0.4 is 11.3 Å². The Hall–Kier alpha value is -2.52. The Morgan fingerprint density at radius 2 is 2.38 bits per heavy atom. The third-order valence-electron chi connectivity index (χ3n) is 3.74. The number of ether oxygens (including phenoxy) is 2. The van der Waals surface area contributed by atoms with E-state index < -0.39 is 36.7 Å². The predicted molar refractivity (Wildman–Crippen MR) is 79.5 cm³/mol. The Morgan fingerprint density at radius 3 is 3.08 bits per heavy atom. The lowest BCUT2D eigenvalue weighted by atomic mass is 10.1. The van der Waals surface area contributed by atoms with Gasteiger partial charge in [-0.1, -0.05) is 0 Å². The maximum absolute atomic E-state index is 11.9.